The van der Waals surface area contributed by atoms with E-state index in [9.17, 15) is 13.2 Å². The molecule has 0 unspecified atom stereocenters. The fourth-order valence-electron chi connectivity index (χ4n) is 1.32. The Morgan fingerprint density at radius 3 is 2.61 bits per heavy atom. The first kappa shape index (κ1) is 13.4. The number of pyridine rings is 1. The van der Waals surface area contributed by atoms with E-state index in [0.717, 1.165) is 14.7 Å². The number of nitrogens with one attached hydrogen (secondary N) is 1. The van der Waals surface area contributed by atoms with E-state index in [1.807, 2.05) is 12.1 Å². The zero-order valence-corrected chi connectivity index (χ0v) is 11.4. The van der Waals surface area contributed by atoms with Crippen LogP contribution in [0.2, 0.25) is 0 Å². The van der Waals surface area contributed by atoms with Gasteiger partial charge in [0, 0.05) is 4.88 Å². The zero-order chi connectivity index (χ0) is 13.2. The van der Waals surface area contributed by atoms with Crippen molar-refractivity contribution in [3.05, 3.63) is 44.7 Å². The number of rotatable bonds is 3. The topological polar surface area (TPSA) is 24.9 Å². The number of alkyl halides is 3. The van der Waals surface area contributed by atoms with Gasteiger partial charge in [0.15, 0.2) is 0 Å². The van der Waals surface area contributed by atoms with Crippen molar-refractivity contribution in [3.63, 3.8) is 0 Å². The molecular weight excluding hydrogens is 329 g/mol. The zero-order valence-electron chi connectivity index (χ0n) is 8.96. The van der Waals surface area contributed by atoms with Crippen molar-refractivity contribution in [2.45, 2.75) is 12.7 Å². The number of aromatic nitrogens is 1. The molecule has 96 valence electrons. The van der Waals surface area contributed by atoms with Crippen LogP contribution in [0.3, 0.4) is 0 Å². The van der Waals surface area contributed by atoms with Crippen LogP contribution in [-0.2, 0) is 12.7 Å². The summed E-state index contributed by atoms with van der Waals surface area (Å²) >= 11 is 4.84. The van der Waals surface area contributed by atoms with Crippen molar-refractivity contribution in [2.75, 3.05) is 5.32 Å². The maximum Gasteiger partial charge on any atom is 0.433 e. The number of hydrogen-bond acceptors (Lipinski definition) is 3. The summed E-state index contributed by atoms with van der Waals surface area (Å²) in [4.78, 5) is 4.54. The highest BCUT2D eigenvalue weighted by atomic mass is 79.9. The van der Waals surface area contributed by atoms with Gasteiger partial charge in [0.2, 0.25) is 0 Å². The average Bonchev–Trinajstić information content (AvgIpc) is 2.72. The number of nitrogens with zero attached hydrogens (tertiary/aromatic N) is 1. The fraction of sp³-hybridized carbons (Fsp3) is 0.182. The van der Waals surface area contributed by atoms with Crippen LogP contribution < -0.4 is 5.32 Å². The van der Waals surface area contributed by atoms with Crippen molar-refractivity contribution in [3.8, 4) is 0 Å². The van der Waals surface area contributed by atoms with Crippen LogP contribution in [0.4, 0.5) is 19.0 Å². The molecule has 0 radical (unpaired) electrons. The summed E-state index contributed by atoms with van der Waals surface area (Å²) in [6.07, 6.45) is -4.41. The van der Waals surface area contributed by atoms with Gasteiger partial charge in [0.25, 0.3) is 0 Å². The predicted octanol–water partition coefficient (Wildman–Crippen LogP) is 4.54. The van der Waals surface area contributed by atoms with Gasteiger partial charge in [-0.3, -0.25) is 0 Å². The molecule has 0 spiro atoms. The Hall–Kier alpha value is -1.08. The predicted molar refractivity (Wildman–Crippen MR) is 68.6 cm³/mol. The van der Waals surface area contributed by atoms with Gasteiger partial charge in [-0.2, -0.15) is 13.2 Å². The lowest BCUT2D eigenvalue weighted by atomic mass is 10.3. The fourth-order valence-corrected chi connectivity index (χ4v) is 2.74. The molecule has 0 saturated carbocycles. The van der Waals surface area contributed by atoms with Gasteiger partial charge in [-0.1, -0.05) is 6.07 Å². The molecule has 0 aliphatic heterocycles. The number of hydrogen-bond donors (Lipinski definition) is 1. The highest BCUT2D eigenvalue weighted by molar-refractivity contribution is 9.11. The molecule has 0 aromatic carbocycles. The van der Waals surface area contributed by atoms with E-state index >= 15 is 0 Å². The molecule has 2 aromatic heterocycles. The third kappa shape index (κ3) is 3.46. The smallest absolute Gasteiger partial charge is 0.365 e. The molecule has 18 heavy (non-hydrogen) atoms. The summed E-state index contributed by atoms with van der Waals surface area (Å²) in [5.74, 6) is 0.217. The first-order valence-corrected chi connectivity index (χ1v) is 6.58. The van der Waals surface area contributed by atoms with Gasteiger partial charge in [0.1, 0.15) is 11.5 Å². The highest BCUT2D eigenvalue weighted by Crippen LogP contribution is 2.28. The number of anilines is 1. The standard InChI is InChI=1S/C11H8BrF3N2S/c12-9-5-4-7(18-9)6-16-10-3-1-2-8(17-10)11(13,14)15/h1-5H,6H2,(H,16,17). The van der Waals surface area contributed by atoms with Crippen molar-refractivity contribution in [2.24, 2.45) is 0 Å². The Kier molecular flexibility index (Phi) is 3.91. The van der Waals surface area contributed by atoms with E-state index in [2.05, 4.69) is 26.2 Å². The van der Waals surface area contributed by atoms with Crippen LogP contribution >= 0.6 is 27.3 Å². The minimum atomic E-state index is -4.41. The summed E-state index contributed by atoms with van der Waals surface area (Å²) < 4.78 is 38.3. The molecule has 1 N–H and O–H groups in total. The van der Waals surface area contributed by atoms with Crippen LogP contribution in [0, 0.1) is 0 Å². The number of halogens is 4. The molecule has 2 nitrogen and oxygen atoms in total. The SMILES string of the molecule is FC(F)(F)c1cccc(NCc2ccc(Br)s2)n1. The molecule has 0 aliphatic rings. The molecule has 2 heterocycles. The van der Waals surface area contributed by atoms with Crippen molar-refractivity contribution in [1.82, 2.24) is 4.98 Å². The third-order valence-corrected chi connectivity index (χ3v) is 3.74. The molecule has 2 rings (SSSR count). The van der Waals surface area contributed by atoms with E-state index in [-0.39, 0.29) is 5.82 Å². The van der Waals surface area contributed by atoms with E-state index in [4.69, 9.17) is 0 Å². The Balaban J connectivity index is 2.06. The molecule has 0 saturated heterocycles. The molecule has 7 heteroatoms. The van der Waals surface area contributed by atoms with E-state index in [1.54, 1.807) is 0 Å². The average molecular weight is 337 g/mol. The maximum atomic E-state index is 12.4. The van der Waals surface area contributed by atoms with Crippen LogP contribution in [0.5, 0.6) is 0 Å². The van der Waals surface area contributed by atoms with E-state index in [0.29, 0.717) is 6.54 Å². The monoisotopic (exact) mass is 336 g/mol. The molecule has 0 bridgehead atoms. The van der Waals surface area contributed by atoms with Crippen LogP contribution in [0.1, 0.15) is 10.6 Å². The Bertz CT molecular complexity index is 539. The molecule has 2 aromatic rings. The normalized spacial score (nSPS) is 11.6. The van der Waals surface area contributed by atoms with Gasteiger partial charge < -0.3 is 5.32 Å². The summed E-state index contributed by atoms with van der Waals surface area (Å²) in [5.41, 5.74) is -0.889. The summed E-state index contributed by atoms with van der Waals surface area (Å²) in [7, 11) is 0. The van der Waals surface area contributed by atoms with E-state index in [1.165, 1.54) is 23.5 Å². The van der Waals surface area contributed by atoms with Crippen molar-refractivity contribution in [1.29, 1.82) is 0 Å². The first-order valence-electron chi connectivity index (χ1n) is 4.97. The van der Waals surface area contributed by atoms with Crippen molar-refractivity contribution >= 4 is 33.1 Å². The molecular formula is C11H8BrF3N2S. The van der Waals surface area contributed by atoms with Gasteiger partial charge in [-0.05, 0) is 40.2 Å². The number of thiophene rings is 1. The highest BCUT2D eigenvalue weighted by Gasteiger charge is 2.32. The second-order valence-corrected chi connectivity index (χ2v) is 6.01. The maximum absolute atomic E-state index is 12.4. The summed E-state index contributed by atoms with van der Waals surface area (Å²) in [5, 5.41) is 2.87. The summed E-state index contributed by atoms with van der Waals surface area (Å²) in [6.45, 7) is 0.449. The van der Waals surface area contributed by atoms with Gasteiger partial charge in [-0.15, -0.1) is 11.3 Å². The minimum absolute atomic E-state index is 0.217. The van der Waals surface area contributed by atoms with Crippen LogP contribution in [0.25, 0.3) is 0 Å². The largest absolute Gasteiger partial charge is 0.433 e. The Morgan fingerprint density at radius 1 is 1.22 bits per heavy atom. The molecule has 0 amide bonds. The second kappa shape index (κ2) is 5.27. The lowest BCUT2D eigenvalue weighted by Gasteiger charge is -2.08. The molecule has 0 atom stereocenters. The second-order valence-electron chi connectivity index (χ2n) is 3.47. The quantitative estimate of drug-likeness (QED) is 0.890. The Morgan fingerprint density at radius 2 is 2.00 bits per heavy atom. The van der Waals surface area contributed by atoms with E-state index < -0.39 is 11.9 Å². The van der Waals surface area contributed by atoms with Gasteiger partial charge in [0.05, 0.1) is 10.3 Å². The first-order chi connectivity index (χ1) is 8.45. The minimum Gasteiger partial charge on any atom is -0.365 e. The van der Waals surface area contributed by atoms with Crippen molar-refractivity contribution < 1.29 is 13.2 Å². The third-order valence-electron chi connectivity index (χ3n) is 2.11. The molecule has 0 aliphatic carbocycles. The van der Waals surface area contributed by atoms with Gasteiger partial charge >= 0.3 is 6.18 Å². The van der Waals surface area contributed by atoms with Crippen LogP contribution in [0.15, 0.2) is 34.1 Å². The van der Waals surface area contributed by atoms with Crippen LogP contribution in [-0.4, -0.2) is 4.98 Å². The lowest BCUT2D eigenvalue weighted by molar-refractivity contribution is -0.141. The molecule has 0 fully saturated rings. The van der Waals surface area contributed by atoms with Gasteiger partial charge in [-0.25, -0.2) is 4.98 Å². The lowest BCUT2D eigenvalue weighted by Crippen LogP contribution is -2.09. The Labute approximate surface area is 114 Å². The summed E-state index contributed by atoms with van der Waals surface area (Å²) in [6, 6.07) is 7.59.